The summed E-state index contributed by atoms with van der Waals surface area (Å²) < 4.78 is 0. The number of nitrogens with zero attached hydrogens (tertiary/aromatic N) is 1. The number of carboxylic acids is 1. The van der Waals surface area contributed by atoms with Crippen molar-refractivity contribution in [1.82, 2.24) is 10.2 Å². The Labute approximate surface area is 121 Å². The average molecular weight is 284 g/mol. The summed E-state index contributed by atoms with van der Waals surface area (Å²) in [5.41, 5.74) is -1.56. The number of likely N-dealkylation sites (tertiary alicyclic amines) is 1. The van der Waals surface area contributed by atoms with Gasteiger partial charge in [-0.15, -0.1) is 0 Å². The molecule has 1 rings (SSSR count). The van der Waals surface area contributed by atoms with Crippen molar-refractivity contribution in [3.8, 4) is 0 Å². The van der Waals surface area contributed by atoms with E-state index < -0.39 is 16.9 Å². The highest BCUT2D eigenvalue weighted by molar-refractivity contribution is 5.79. The van der Waals surface area contributed by atoms with Crippen LogP contribution in [0.5, 0.6) is 0 Å². The molecule has 0 spiro atoms. The van der Waals surface area contributed by atoms with Crippen LogP contribution in [0.1, 0.15) is 54.4 Å². The maximum Gasteiger partial charge on any atom is 0.317 e. The molecule has 1 fully saturated rings. The Morgan fingerprint density at radius 3 is 1.95 bits per heavy atom. The zero-order valence-electron chi connectivity index (χ0n) is 13.5. The van der Waals surface area contributed by atoms with Crippen LogP contribution in [0.3, 0.4) is 0 Å². The van der Waals surface area contributed by atoms with E-state index in [1.807, 2.05) is 0 Å². The highest BCUT2D eigenvalue weighted by Crippen LogP contribution is 2.32. The van der Waals surface area contributed by atoms with Crippen LogP contribution in [0.4, 0.5) is 4.79 Å². The number of hydrogen-bond acceptors (Lipinski definition) is 2. The summed E-state index contributed by atoms with van der Waals surface area (Å²) >= 11 is 0. The molecule has 116 valence electrons. The van der Waals surface area contributed by atoms with Gasteiger partial charge in [0.25, 0.3) is 0 Å². The molecule has 0 aromatic heterocycles. The number of piperidine rings is 1. The van der Waals surface area contributed by atoms with Crippen molar-refractivity contribution in [1.29, 1.82) is 0 Å². The predicted molar refractivity (Wildman–Crippen MR) is 78.6 cm³/mol. The van der Waals surface area contributed by atoms with Crippen molar-refractivity contribution in [2.24, 2.45) is 10.8 Å². The van der Waals surface area contributed by atoms with E-state index in [4.69, 9.17) is 0 Å². The van der Waals surface area contributed by atoms with E-state index in [0.29, 0.717) is 0 Å². The summed E-state index contributed by atoms with van der Waals surface area (Å²) in [6.45, 7) is 12.6. The lowest BCUT2D eigenvalue weighted by molar-refractivity contribution is -0.150. The van der Waals surface area contributed by atoms with E-state index in [2.05, 4.69) is 19.2 Å². The molecule has 0 atom stereocenters. The molecule has 5 heteroatoms. The molecule has 20 heavy (non-hydrogen) atoms. The van der Waals surface area contributed by atoms with E-state index in [1.165, 1.54) is 0 Å². The zero-order valence-corrected chi connectivity index (χ0v) is 13.5. The fraction of sp³-hybridized carbons (Fsp3) is 0.867. The first-order valence-corrected chi connectivity index (χ1v) is 7.20. The van der Waals surface area contributed by atoms with E-state index in [1.54, 1.807) is 32.6 Å². The van der Waals surface area contributed by atoms with Crippen LogP contribution >= 0.6 is 0 Å². The smallest absolute Gasteiger partial charge is 0.317 e. The number of rotatable bonds is 3. The summed E-state index contributed by atoms with van der Waals surface area (Å²) in [6, 6.07) is -0.167. The Hall–Kier alpha value is -1.26. The number of urea groups is 1. The molecule has 0 saturated carbocycles. The van der Waals surface area contributed by atoms with Crippen molar-refractivity contribution in [2.75, 3.05) is 13.1 Å². The Morgan fingerprint density at radius 2 is 1.55 bits per heavy atom. The molecule has 0 bridgehead atoms. The van der Waals surface area contributed by atoms with Crippen molar-refractivity contribution < 1.29 is 14.7 Å². The topological polar surface area (TPSA) is 69.6 Å². The molecule has 2 N–H and O–H groups in total. The van der Waals surface area contributed by atoms with E-state index in [-0.39, 0.29) is 11.4 Å². The Bertz CT molecular complexity index is 390. The SMILES string of the molecule is CC1(C)CCN(C(=O)NC(C)(C)C(C)(C)C(=O)O)CC1. The van der Waals surface area contributed by atoms with Gasteiger partial charge < -0.3 is 15.3 Å². The molecule has 1 heterocycles. The third-order valence-electron chi connectivity index (χ3n) is 4.92. The minimum absolute atomic E-state index is 0.167. The summed E-state index contributed by atoms with van der Waals surface area (Å²) in [5, 5.41) is 12.2. The molecule has 2 amide bonds. The lowest BCUT2D eigenvalue weighted by atomic mass is 9.74. The van der Waals surface area contributed by atoms with Gasteiger partial charge in [-0.2, -0.15) is 0 Å². The number of carbonyl (C=O) groups is 2. The van der Waals surface area contributed by atoms with Crippen LogP contribution in [0.2, 0.25) is 0 Å². The number of amides is 2. The van der Waals surface area contributed by atoms with E-state index in [9.17, 15) is 14.7 Å². The van der Waals surface area contributed by atoms with Gasteiger partial charge in [-0.3, -0.25) is 4.79 Å². The number of carbonyl (C=O) groups excluding carboxylic acids is 1. The van der Waals surface area contributed by atoms with E-state index >= 15 is 0 Å². The van der Waals surface area contributed by atoms with Gasteiger partial charge in [0, 0.05) is 13.1 Å². The van der Waals surface area contributed by atoms with Gasteiger partial charge in [-0.05, 0) is 46.0 Å². The van der Waals surface area contributed by atoms with Gasteiger partial charge in [0.15, 0.2) is 0 Å². The van der Waals surface area contributed by atoms with Crippen molar-refractivity contribution in [3.63, 3.8) is 0 Å². The third-order valence-corrected chi connectivity index (χ3v) is 4.92. The van der Waals surface area contributed by atoms with Gasteiger partial charge in [0.05, 0.1) is 11.0 Å². The monoisotopic (exact) mass is 284 g/mol. The summed E-state index contributed by atoms with van der Waals surface area (Å²) in [5.74, 6) is -0.914. The first-order valence-electron chi connectivity index (χ1n) is 7.20. The average Bonchev–Trinajstić information content (AvgIpc) is 2.27. The molecule has 0 radical (unpaired) electrons. The van der Waals surface area contributed by atoms with Crippen molar-refractivity contribution in [3.05, 3.63) is 0 Å². The highest BCUT2D eigenvalue weighted by Gasteiger charge is 2.45. The summed E-state index contributed by atoms with van der Waals surface area (Å²) in [4.78, 5) is 25.4. The first kappa shape index (κ1) is 16.8. The van der Waals surface area contributed by atoms with Crippen LogP contribution < -0.4 is 5.32 Å². The van der Waals surface area contributed by atoms with Crippen LogP contribution in [-0.4, -0.2) is 40.6 Å². The number of aliphatic carboxylic acids is 1. The van der Waals surface area contributed by atoms with Crippen LogP contribution in [0.25, 0.3) is 0 Å². The molecular formula is C15H28N2O3. The van der Waals surface area contributed by atoms with Crippen LogP contribution in [0.15, 0.2) is 0 Å². The molecule has 0 aliphatic carbocycles. The fourth-order valence-corrected chi connectivity index (χ4v) is 2.09. The minimum Gasteiger partial charge on any atom is -0.481 e. The summed E-state index contributed by atoms with van der Waals surface area (Å²) in [7, 11) is 0. The third kappa shape index (κ3) is 3.44. The lowest BCUT2D eigenvalue weighted by Crippen LogP contribution is -2.60. The van der Waals surface area contributed by atoms with E-state index in [0.717, 1.165) is 25.9 Å². The van der Waals surface area contributed by atoms with Crippen LogP contribution in [-0.2, 0) is 4.79 Å². The molecular weight excluding hydrogens is 256 g/mol. The van der Waals surface area contributed by atoms with Gasteiger partial charge in [-0.25, -0.2) is 4.79 Å². The second kappa shape index (κ2) is 5.26. The molecule has 1 saturated heterocycles. The first-order chi connectivity index (χ1) is 8.89. The van der Waals surface area contributed by atoms with Gasteiger partial charge in [0.2, 0.25) is 0 Å². The normalized spacial score (nSPS) is 19.6. The zero-order chi connectivity index (χ0) is 15.8. The quantitative estimate of drug-likeness (QED) is 0.837. The second-order valence-corrected chi connectivity index (χ2v) is 7.64. The molecule has 1 aliphatic heterocycles. The van der Waals surface area contributed by atoms with Crippen molar-refractivity contribution in [2.45, 2.75) is 59.9 Å². The Kier molecular flexibility index (Phi) is 4.42. The number of nitrogens with one attached hydrogen (secondary N) is 1. The number of carboxylic acid groups (broad SMARTS) is 1. The Morgan fingerprint density at radius 1 is 1.10 bits per heavy atom. The molecule has 0 aromatic carbocycles. The second-order valence-electron chi connectivity index (χ2n) is 7.64. The van der Waals surface area contributed by atoms with Crippen molar-refractivity contribution >= 4 is 12.0 Å². The summed E-state index contributed by atoms with van der Waals surface area (Å²) in [6.07, 6.45) is 1.95. The maximum atomic E-state index is 12.3. The van der Waals surface area contributed by atoms with Crippen LogP contribution in [0, 0.1) is 10.8 Å². The molecule has 5 nitrogen and oxygen atoms in total. The predicted octanol–water partition coefficient (Wildman–Crippen LogP) is 2.71. The fourth-order valence-electron chi connectivity index (χ4n) is 2.09. The highest BCUT2D eigenvalue weighted by atomic mass is 16.4. The van der Waals surface area contributed by atoms with Gasteiger partial charge in [0.1, 0.15) is 0 Å². The molecule has 1 aliphatic rings. The number of hydrogen-bond donors (Lipinski definition) is 2. The Balaban J connectivity index is 2.69. The minimum atomic E-state index is -1.03. The molecule has 0 unspecified atom stereocenters. The molecule has 0 aromatic rings. The lowest BCUT2D eigenvalue weighted by Gasteiger charge is -2.42. The van der Waals surface area contributed by atoms with Gasteiger partial charge in [-0.1, -0.05) is 13.8 Å². The maximum absolute atomic E-state index is 12.3. The van der Waals surface area contributed by atoms with Gasteiger partial charge >= 0.3 is 12.0 Å². The standard InChI is InChI=1S/C15H28N2O3/c1-13(2)7-9-17(10-8-13)12(20)16-15(5,6)14(3,4)11(18)19/h7-10H2,1-6H3,(H,16,20)(H,18,19). The largest absolute Gasteiger partial charge is 0.481 e.